The number of benzene rings is 2. The molecule has 2 aliphatic carbocycles. The van der Waals surface area contributed by atoms with Gasteiger partial charge in [-0.3, -0.25) is 10.2 Å². The molecule has 1 unspecified atom stereocenters. The first-order chi connectivity index (χ1) is 16.8. The molecule has 1 saturated carbocycles. The number of phenolic OH excluding ortho intramolecular Hbond substituents is 1. The van der Waals surface area contributed by atoms with E-state index in [2.05, 4.69) is 15.6 Å². The Hall–Kier alpha value is -4.20. The summed E-state index contributed by atoms with van der Waals surface area (Å²) in [7, 11) is 0. The van der Waals surface area contributed by atoms with Gasteiger partial charge in [0.1, 0.15) is 5.75 Å². The lowest BCUT2D eigenvalue weighted by molar-refractivity contribution is -0.142. The highest BCUT2D eigenvalue weighted by Gasteiger charge is 2.44. The highest BCUT2D eigenvalue weighted by Crippen LogP contribution is 2.37. The molecule has 1 aliphatic heterocycles. The van der Waals surface area contributed by atoms with Crippen LogP contribution in [-0.2, 0) is 9.59 Å². The van der Waals surface area contributed by atoms with E-state index in [0.29, 0.717) is 22.5 Å². The molecule has 2 aromatic rings. The summed E-state index contributed by atoms with van der Waals surface area (Å²) in [5.74, 6) is -1.33. The van der Waals surface area contributed by atoms with Crippen LogP contribution >= 0.6 is 0 Å². The summed E-state index contributed by atoms with van der Waals surface area (Å²) in [6, 6.07) is 12.5. The summed E-state index contributed by atoms with van der Waals surface area (Å²) < 4.78 is 0. The SMILES string of the molecule is Cc1ccc(N2N=C(C3CC3)C(=NNC3(C(=O)O)C=CC=C(c4ccccc4O)C3)C2=O)cc1C. The van der Waals surface area contributed by atoms with E-state index in [1.807, 2.05) is 32.0 Å². The average Bonchev–Trinajstić information content (AvgIpc) is 3.63. The Labute approximate surface area is 203 Å². The summed E-state index contributed by atoms with van der Waals surface area (Å²) in [5.41, 5.74) is 5.92. The van der Waals surface area contributed by atoms with Crippen molar-refractivity contribution in [3.63, 3.8) is 0 Å². The number of anilines is 1. The lowest BCUT2D eigenvalue weighted by Gasteiger charge is -2.29. The van der Waals surface area contributed by atoms with Gasteiger partial charge in [0, 0.05) is 17.9 Å². The standard InChI is InChI=1S/C27H26N4O4/c1-16-9-12-20(14-17(16)2)31-25(33)24(23(29-31)18-10-11-18)28-30-27(26(34)35)13-5-6-19(15-27)21-7-3-4-8-22(21)32/h3-9,12-14,18,30,32H,10-11,15H2,1-2H3,(H,34,35). The number of nitrogens with one attached hydrogen (secondary N) is 1. The van der Waals surface area contributed by atoms with Crippen LogP contribution in [0.3, 0.4) is 0 Å². The topological polar surface area (TPSA) is 115 Å². The first-order valence-electron chi connectivity index (χ1n) is 11.5. The third-order valence-corrected chi connectivity index (χ3v) is 6.69. The lowest BCUT2D eigenvalue weighted by atomic mass is 9.84. The van der Waals surface area contributed by atoms with Gasteiger partial charge in [-0.05, 0) is 67.7 Å². The number of carboxylic acids is 1. The Morgan fingerprint density at radius 3 is 2.63 bits per heavy atom. The molecule has 0 radical (unpaired) electrons. The highest BCUT2D eigenvalue weighted by molar-refractivity contribution is 6.72. The van der Waals surface area contributed by atoms with Crippen molar-refractivity contribution in [1.82, 2.24) is 5.43 Å². The molecule has 1 fully saturated rings. The molecule has 0 aromatic heterocycles. The van der Waals surface area contributed by atoms with Crippen LogP contribution in [0.25, 0.3) is 5.57 Å². The van der Waals surface area contributed by atoms with E-state index >= 15 is 0 Å². The number of para-hydroxylation sites is 1. The monoisotopic (exact) mass is 470 g/mol. The fourth-order valence-electron chi connectivity index (χ4n) is 4.28. The minimum absolute atomic E-state index is 0.0398. The summed E-state index contributed by atoms with van der Waals surface area (Å²) >= 11 is 0. The molecule has 0 saturated heterocycles. The van der Waals surface area contributed by atoms with Gasteiger partial charge in [0.25, 0.3) is 0 Å². The number of hydrazone groups is 2. The molecule has 8 nitrogen and oxygen atoms in total. The first-order valence-corrected chi connectivity index (χ1v) is 11.5. The van der Waals surface area contributed by atoms with Crippen molar-refractivity contribution in [2.24, 2.45) is 16.1 Å². The number of rotatable bonds is 6. The van der Waals surface area contributed by atoms with Crippen molar-refractivity contribution in [2.75, 3.05) is 5.01 Å². The fourth-order valence-corrected chi connectivity index (χ4v) is 4.28. The third-order valence-electron chi connectivity index (χ3n) is 6.69. The molecule has 0 bridgehead atoms. The van der Waals surface area contributed by atoms with E-state index in [9.17, 15) is 19.8 Å². The van der Waals surface area contributed by atoms with Crippen LogP contribution in [0.5, 0.6) is 5.75 Å². The Bertz CT molecular complexity index is 1350. The predicted molar refractivity (Wildman–Crippen MR) is 134 cm³/mol. The number of amides is 1. The minimum Gasteiger partial charge on any atom is -0.507 e. The first kappa shape index (κ1) is 22.6. The second kappa shape index (κ2) is 8.54. The number of aryl methyl sites for hydroxylation is 2. The Balaban J connectivity index is 1.45. The maximum absolute atomic E-state index is 13.4. The van der Waals surface area contributed by atoms with Gasteiger partial charge in [-0.1, -0.05) is 36.4 Å². The second-order valence-corrected chi connectivity index (χ2v) is 9.24. The van der Waals surface area contributed by atoms with Crippen LogP contribution < -0.4 is 10.4 Å². The number of phenols is 1. The summed E-state index contributed by atoms with van der Waals surface area (Å²) in [6.45, 7) is 3.98. The molecular formula is C27H26N4O4. The van der Waals surface area contributed by atoms with Crippen molar-refractivity contribution in [3.05, 3.63) is 77.4 Å². The number of allylic oxidation sites excluding steroid dienone is 2. The number of hydrogen-bond donors (Lipinski definition) is 3. The molecule has 1 heterocycles. The lowest BCUT2D eigenvalue weighted by Crippen LogP contribution is -2.50. The number of aromatic hydroxyl groups is 1. The van der Waals surface area contributed by atoms with Crippen LogP contribution in [0.15, 0.2) is 70.9 Å². The van der Waals surface area contributed by atoms with Gasteiger partial charge in [0.05, 0.1) is 11.4 Å². The number of carbonyl (C=O) groups excluding carboxylic acids is 1. The Morgan fingerprint density at radius 1 is 1.17 bits per heavy atom. The number of aliphatic carboxylic acids is 1. The van der Waals surface area contributed by atoms with Gasteiger partial charge >= 0.3 is 11.9 Å². The number of carboxylic acid groups (broad SMARTS) is 1. The maximum Gasteiger partial charge on any atom is 0.335 e. The van der Waals surface area contributed by atoms with Crippen LogP contribution in [0.1, 0.15) is 36.0 Å². The summed E-state index contributed by atoms with van der Waals surface area (Å²) in [5, 5.41) is 30.7. The average molecular weight is 471 g/mol. The van der Waals surface area contributed by atoms with Crippen LogP contribution in [0.4, 0.5) is 5.69 Å². The van der Waals surface area contributed by atoms with Gasteiger partial charge in [0.15, 0.2) is 11.3 Å². The van der Waals surface area contributed by atoms with E-state index in [1.54, 1.807) is 36.4 Å². The van der Waals surface area contributed by atoms with Crippen molar-refractivity contribution in [2.45, 2.75) is 38.6 Å². The molecule has 3 N–H and O–H groups in total. The maximum atomic E-state index is 13.4. The molecule has 1 amide bonds. The van der Waals surface area contributed by atoms with Crippen LogP contribution in [0.2, 0.25) is 0 Å². The molecular weight excluding hydrogens is 444 g/mol. The largest absolute Gasteiger partial charge is 0.507 e. The molecule has 1 atom stereocenters. The van der Waals surface area contributed by atoms with Gasteiger partial charge < -0.3 is 10.2 Å². The molecule has 5 rings (SSSR count). The predicted octanol–water partition coefficient (Wildman–Crippen LogP) is 3.93. The quantitative estimate of drug-likeness (QED) is 0.554. The Morgan fingerprint density at radius 2 is 1.94 bits per heavy atom. The molecule has 2 aromatic carbocycles. The zero-order chi connectivity index (χ0) is 24.7. The van der Waals surface area contributed by atoms with E-state index in [4.69, 9.17) is 0 Å². The molecule has 0 spiro atoms. The van der Waals surface area contributed by atoms with Crippen molar-refractivity contribution < 1.29 is 19.8 Å². The summed E-state index contributed by atoms with van der Waals surface area (Å²) in [4.78, 5) is 25.8. The molecule has 178 valence electrons. The molecule has 8 heteroatoms. The number of nitrogens with zero attached hydrogens (tertiary/aromatic N) is 3. The van der Waals surface area contributed by atoms with Gasteiger partial charge in [-0.25, -0.2) is 4.79 Å². The highest BCUT2D eigenvalue weighted by atomic mass is 16.4. The number of carbonyl (C=O) groups is 2. The second-order valence-electron chi connectivity index (χ2n) is 9.24. The van der Waals surface area contributed by atoms with E-state index in [-0.39, 0.29) is 29.7 Å². The van der Waals surface area contributed by atoms with Gasteiger partial charge in [0.2, 0.25) is 0 Å². The third kappa shape index (κ3) is 4.12. The van der Waals surface area contributed by atoms with E-state index < -0.39 is 11.5 Å². The van der Waals surface area contributed by atoms with Gasteiger partial charge in [-0.15, -0.1) is 0 Å². The van der Waals surface area contributed by atoms with Crippen LogP contribution in [0, 0.1) is 19.8 Å². The zero-order valence-corrected chi connectivity index (χ0v) is 19.5. The molecule has 3 aliphatic rings. The van der Waals surface area contributed by atoms with E-state index in [1.165, 1.54) is 11.1 Å². The van der Waals surface area contributed by atoms with Crippen molar-refractivity contribution in [3.8, 4) is 5.75 Å². The molecule has 35 heavy (non-hydrogen) atoms. The zero-order valence-electron chi connectivity index (χ0n) is 19.5. The van der Waals surface area contributed by atoms with Gasteiger partial charge in [-0.2, -0.15) is 15.2 Å². The number of hydrogen-bond acceptors (Lipinski definition) is 6. The Kier molecular flexibility index (Phi) is 5.51. The smallest absolute Gasteiger partial charge is 0.335 e. The van der Waals surface area contributed by atoms with E-state index in [0.717, 1.165) is 24.0 Å². The normalized spacial score (nSPS) is 22.9. The van der Waals surface area contributed by atoms with Crippen molar-refractivity contribution in [1.29, 1.82) is 0 Å². The van der Waals surface area contributed by atoms with Crippen LogP contribution in [-0.4, -0.2) is 39.1 Å². The fraction of sp³-hybridized carbons (Fsp3) is 0.259. The summed E-state index contributed by atoms with van der Waals surface area (Å²) in [6.07, 6.45) is 6.77. The minimum atomic E-state index is -1.58. The van der Waals surface area contributed by atoms with Crippen molar-refractivity contribution >= 4 is 34.6 Å².